The maximum Gasteiger partial charge on any atom is 0.136 e. The molecule has 0 bridgehead atoms. The van der Waals surface area contributed by atoms with Gasteiger partial charge in [0.15, 0.2) is 0 Å². The van der Waals surface area contributed by atoms with E-state index in [1.165, 1.54) is 6.42 Å². The second-order valence-electron chi connectivity index (χ2n) is 3.13. The summed E-state index contributed by atoms with van der Waals surface area (Å²) < 4.78 is 0.956. The summed E-state index contributed by atoms with van der Waals surface area (Å²) in [4.78, 5) is 11.3. The van der Waals surface area contributed by atoms with Crippen LogP contribution in [-0.4, -0.2) is 5.78 Å². The van der Waals surface area contributed by atoms with Crippen molar-refractivity contribution in [1.29, 1.82) is 0 Å². The Bertz CT molecular complexity index is 174. The van der Waals surface area contributed by atoms with Crippen LogP contribution in [0.15, 0.2) is 11.1 Å². The Morgan fingerprint density at radius 1 is 1.64 bits per heavy atom. The molecule has 0 aromatic carbocycles. The second-order valence-corrected chi connectivity index (χ2v) is 4.25. The first-order chi connectivity index (χ1) is 5.20. The highest BCUT2D eigenvalue weighted by molar-refractivity contribution is 9.11. The van der Waals surface area contributed by atoms with Gasteiger partial charge in [-0.1, -0.05) is 28.9 Å². The van der Waals surface area contributed by atoms with E-state index in [1.807, 2.05) is 0 Å². The van der Waals surface area contributed by atoms with Crippen LogP contribution in [0.25, 0.3) is 0 Å². The summed E-state index contributed by atoms with van der Waals surface area (Å²) in [6, 6.07) is 0. The predicted octanol–water partition coefficient (Wildman–Crippen LogP) is 3.04. The molecule has 0 heterocycles. The average molecular weight is 217 g/mol. The number of hydrogen-bond donors (Lipinski definition) is 0. The maximum absolute atomic E-state index is 11.3. The van der Waals surface area contributed by atoms with Gasteiger partial charge in [-0.15, -0.1) is 0 Å². The molecule has 62 valence electrons. The zero-order valence-electron chi connectivity index (χ0n) is 6.61. The van der Waals surface area contributed by atoms with Crippen LogP contribution in [0.1, 0.15) is 32.1 Å². The molecule has 0 radical (unpaired) electrons. The van der Waals surface area contributed by atoms with Gasteiger partial charge in [0.1, 0.15) is 5.78 Å². The van der Waals surface area contributed by atoms with Crippen molar-refractivity contribution in [2.75, 3.05) is 0 Å². The highest BCUT2D eigenvalue weighted by atomic mass is 79.9. The molecule has 2 heteroatoms. The van der Waals surface area contributed by atoms with Gasteiger partial charge in [0.2, 0.25) is 0 Å². The summed E-state index contributed by atoms with van der Waals surface area (Å²) in [7, 11) is 0. The number of halogens is 1. The molecule has 11 heavy (non-hydrogen) atoms. The minimum absolute atomic E-state index is 0.260. The first-order valence-electron chi connectivity index (χ1n) is 4.06. The highest BCUT2D eigenvalue weighted by Gasteiger charge is 2.21. The lowest BCUT2D eigenvalue weighted by molar-refractivity contribution is -0.124. The lowest BCUT2D eigenvalue weighted by Crippen LogP contribution is -2.18. The van der Waals surface area contributed by atoms with E-state index in [-0.39, 0.29) is 5.92 Å². The molecule has 1 atom stereocenters. The van der Waals surface area contributed by atoms with E-state index in [9.17, 15) is 4.79 Å². The molecule has 0 saturated heterocycles. The van der Waals surface area contributed by atoms with E-state index in [2.05, 4.69) is 22.5 Å². The Labute approximate surface area is 76.0 Å². The fourth-order valence-electron chi connectivity index (χ4n) is 1.54. The minimum atomic E-state index is 0.260. The third-order valence-corrected chi connectivity index (χ3v) is 2.47. The van der Waals surface area contributed by atoms with Crippen molar-refractivity contribution in [3.05, 3.63) is 11.1 Å². The number of carbonyl (C=O) groups excluding carboxylic acids is 1. The quantitative estimate of drug-likeness (QED) is 0.694. The molecule has 0 aromatic heterocycles. The summed E-state index contributed by atoms with van der Waals surface area (Å²) in [5.74, 6) is 0.687. The van der Waals surface area contributed by atoms with Gasteiger partial charge in [0.05, 0.1) is 0 Å². The number of carbonyl (C=O) groups is 1. The molecular weight excluding hydrogens is 204 g/mol. The molecule has 0 unspecified atom stereocenters. The lowest BCUT2D eigenvalue weighted by Gasteiger charge is -2.19. The van der Waals surface area contributed by atoms with Crippen LogP contribution in [-0.2, 0) is 4.79 Å². The van der Waals surface area contributed by atoms with Crippen LogP contribution in [0.5, 0.6) is 0 Å². The third-order valence-electron chi connectivity index (χ3n) is 2.15. The third kappa shape index (κ3) is 2.78. The molecule has 1 saturated carbocycles. The van der Waals surface area contributed by atoms with Gasteiger partial charge >= 0.3 is 0 Å². The lowest BCUT2D eigenvalue weighted by atomic mass is 9.86. The highest BCUT2D eigenvalue weighted by Crippen LogP contribution is 2.27. The summed E-state index contributed by atoms with van der Waals surface area (Å²) in [5.41, 5.74) is 0. The van der Waals surface area contributed by atoms with Gasteiger partial charge in [-0.05, 0) is 23.7 Å². The average Bonchev–Trinajstić information content (AvgIpc) is 1.93. The Morgan fingerprint density at radius 3 is 2.91 bits per heavy atom. The van der Waals surface area contributed by atoms with Crippen molar-refractivity contribution in [3.8, 4) is 0 Å². The van der Waals surface area contributed by atoms with Crippen LogP contribution in [0.2, 0.25) is 0 Å². The molecule has 1 nitrogen and oxygen atoms in total. The van der Waals surface area contributed by atoms with Crippen LogP contribution < -0.4 is 0 Å². The number of allylic oxidation sites excluding steroid dienone is 1. The topological polar surface area (TPSA) is 17.1 Å². The molecule has 1 aliphatic rings. The zero-order chi connectivity index (χ0) is 8.27. The number of Topliss-reactive ketones (excluding diaryl/α,β-unsaturated/α-hetero) is 1. The van der Waals surface area contributed by atoms with Gasteiger partial charge in [-0.2, -0.15) is 0 Å². The molecule has 0 spiro atoms. The van der Waals surface area contributed by atoms with Crippen molar-refractivity contribution < 1.29 is 4.79 Å². The van der Waals surface area contributed by atoms with E-state index < -0.39 is 0 Å². The van der Waals surface area contributed by atoms with Gasteiger partial charge in [-0.25, -0.2) is 0 Å². The Balaban J connectivity index is 2.42. The minimum Gasteiger partial charge on any atom is -0.299 e. The van der Waals surface area contributed by atoms with Crippen LogP contribution in [0.4, 0.5) is 0 Å². The first-order valence-corrected chi connectivity index (χ1v) is 4.85. The van der Waals surface area contributed by atoms with Crippen LogP contribution in [0.3, 0.4) is 0 Å². The van der Waals surface area contributed by atoms with E-state index >= 15 is 0 Å². The van der Waals surface area contributed by atoms with Crippen molar-refractivity contribution in [3.63, 3.8) is 0 Å². The molecule has 0 N–H and O–H groups in total. The van der Waals surface area contributed by atoms with Crippen LogP contribution >= 0.6 is 15.9 Å². The Hall–Kier alpha value is -0.110. The van der Waals surface area contributed by atoms with E-state index in [0.29, 0.717) is 5.78 Å². The molecule has 0 aromatic rings. The summed E-state index contributed by atoms with van der Waals surface area (Å²) in [6.45, 7) is 3.75. The van der Waals surface area contributed by atoms with Gasteiger partial charge in [0.25, 0.3) is 0 Å². The number of rotatable bonds is 2. The SMILES string of the molecule is C=C(Br)C[C@H]1CCCCC1=O. The fourth-order valence-corrected chi connectivity index (χ4v) is 1.93. The van der Waals surface area contributed by atoms with Gasteiger partial charge < -0.3 is 0 Å². The van der Waals surface area contributed by atoms with E-state index in [1.54, 1.807) is 0 Å². The fraction of sp³-hybridized carbons (Fsp3) is 0.667. The molecule has 1 rings (SSSR count). The van der Waals surface area contributed by atoms with Gasteiger partial charge in [0, 0.05) is 12.3 Å². The number of ketones is 1. The standard InChI is InChI=1S/C9H13BrO/c1-7(10)6-8-4-2-3-5-9(8)11/h8H,1-6H2/t8-/m1/s1. The summed E-state index contributed by atoms with van der Waals surface area (Å²) in [5, 5.41) is 0. The molecular formula is C9H13BrO. The van der Waals surface area contributed by atoms with Crippen molar-refractivity contribution in [1.82, 2.24) is 0 Å². The van der Waals surface area contributed by atoms with Crippen LogP contribution in [0, 0.1) is 5.92 Å². The molecule has 1 aliphatic carbocycles. The van der Waals surface area contributed by atoms with Crippen molar-refractivity contribution in [2.24, 2.45) is 5.92 Å². The Kier molecular flexibility index (Phi) is 3.31. The molecule has 1 fully saturated rings. The Morgan fingerprint density at radius 2 is 2.36 bits per heavy atom. The smallest absolute Gasteiger partial charge is 0.136 e. The first kappa shape index (κ1) is 8.98. The monoisotopic (exact) mass is 216 g/mol. The zero-order valence-corrected chi connectivity index (χ0v) is 8.19. The maximum atomic E-state index is 11.3. The van der Waals surface area contributed by atoms with E-state index in [0.717, 1.165) is 30.2 Å². The van der Waals surface area contributed by atoms with E-state index in [4.69, 9.17) is 0 Å². The number of hydrogen-bond acceptors (Lipinski definition) is 1. The summed E-state index contributed by atoms with van der Waals surface area (Å²) >= 11 is 3.29. The molecule has 0 amide bonds. The van der Waals surface area contributed by atoms with Crippen molar-refractivity contribution in [2.45, 2.75) is 32.1 Å². The molecule has 0 aliphatic heterocycles. The van der Waals surface area contributed by atoms with Crippen molar-refractivity contribution >= 4 is 21.7 Å². The van der Waals surface area contributed by atoms with Gasteiger partial charge in [-0.3, -0.25) is 4.79 Å². The summed E-state index contributed by atoms with van der Waals surface area (Å²) in [6.07, 6.45) is 4.97. The predicted molar refractivity (Wildman–Crippen MR) is 49.6 cm³/mol. The second kappa shape index (κ2) is 4.05. The largest absolute Gasteiger partial charge is 0.299 e. The normalized spacial score (nSPS) is 25.2.